The van der Waals surface area contributed by atoms with E-state index in [9.17, 15) is 4.79 Å². The molecular formula is C17H22O3. The summed E-state index contributed by atoms with van der Waals surface area (Å²) in [5.41, 5.74) is 0.778. The third-order valence-corrected chi connectivity index (χ3v) is 4.30. The van der Waals surface area contributed by atoms with Crippen molar-refractivity contribution >= 4 is 5.78 Å². The smallest absolute Gasteiger partial charge is 0.166 e. The summed E-state index contributed by atoms with van der Waals surface area (Å²) in [5.74, 6) is 1.94. The molecule has 0 N–H and O–H groups in total. The van der Waals surface area contributed by atoms with Gasteiger partial charge >= 0.3 is 0 Å². The summed E-state index contributed by atoms with van der Waals surface area (Å²) in [7, 11) is 0. The minimum atomic E-state index is 0.192. The Morgan fingerprint density at radius 2 is 1.55 bits per heavy atom. The van der Waals surface area contributed by atoms with E-state index in [-0.39, 0.29) is 11.7 Å². The lowest BCUT2D eigenvalue weighted by Crippen LogP contribution is -2.18. The van der Waals surface area contributed by atoms with Gasteiger partial charge in [0.05, 0.1) is 0 Å². The lowest BCUT2D eigenvalue weighted by molar-refractivity contribution is 0.0897. The van der Waals surface area contributed by atoms with Crippen LogP contribution in [0.4, 0.5) is 0 Å². The van der Waals surface area contributed by atoms with Gasteiger partial charge in [0.1, 0.15) is 13.2 Å². The molecule has 0 amide bonds. The van der Waals surface area contributed by atoms with Crippen molar-refractivity contribution in [2.75, 3.05) is 13.2 Å². The van der Waals surface area contributed by atoms with E-state index in [2.05, 4.69) is 0 Å². The molecule has 0 aromatic heterocycles. The second-order valence-corrected chi connectivity index (χ2v) is 5.76. The molecule has 0 atom stereocenters. The normalized spacial score (nSPS) is 20.0. The van der Waals surface area contributed by atoms with Gasteiger partial charge in [0.25, 0.3) is 0 Å². The highest BCUT2D eigenvalue weighted by atomic mass is 16.6. The molecule has 3 rings (SSSR count). The van der Waals surface area contributed by atoms with Crippen molar-refractivity contribution in [1.29, 1.82) is 0 Å². The second kappa shape index (κ2) is 6.29. The molecule has 1 saturated carbocycles. The summed E-state index contributed by atoms with van der Waals surface area (Å²) in [5, 5.41) is 0. The summed E-state index contributed by atoms with van der Waals surface area (Å²) < 4.78 is 11.1. The van der Waals surface area contributed by atoms with Crippen LogP contribution in [0.15, 0.2) is 18.2 Å². The Hall–Kier alpha value is -1.51. The van der Waals surface area contributed by atoms with Crippen molar-refractivity contribution < 1.29 is 14.3 Å². The Balaban J connectivity index is 1.75. The Kier molecular flexibility index (Phi) is 4.24. The van der Waals surface area contributed by atoms with Crippen LogP contribution in [-0.2, 0) is 0 Å². The molecule has 108 valence electrons. The highest BCUT2D eigenvalue weighted by molar-refractivity contribution is 5.98. The van der Waals surface area contributed by atoms with E-state index in [0.717, 1.165) is 24.2 Å². The molecule has 1 aromatic carbocycles. The molecule has 1 aliphatic heterocycles. The Labute approximate surface area is 120 Å². The molecule has 20 heavy (non-hydrogen) atoms. The molecule has 0 radical (unpaired) electrons. The first-order chi connectivity index (χ1) is 9.84. The van der Waals surface area contributed by atoms with E-state index in [1.165, 1.54) is 32.1 Å². The second-order valence-electron chi connectivity index (χ2n) is 5.76. The predicted molar refractivity (Wildman–Crippen MR) is 77.6 cm³/mol. The topological polar surface area (TPSA) is 35.5 Å². The van der Waals surface area contributed by atoms with Gasteiger partial charge in [0.2, 0.25) is 0 Å². The van der Waals surface area contributed by atoms with Crippen LogP contribution in [-0.4, -0.2) is 19.0 Å². The average Bonchev–Trinajstić information content (AvgIpc) is 2.46. The van der Waals surface area contributed by atoms with Gasteiger partial charge in [-0.3, -0.25) is 4.79 Å². The van der Waals surface area contributed by atoms with E-state index in [4.69, 9.17) is 9.47 Å². The first-order valence-corrected chi connectivity index (χ1v) is 7.78. The Morgan fingerprint density at radius 3 is 2.30 bits per heavy atom. The highest BCUT2D eigenvalue weighted by Crippen LogP contribution is 2.33. The maximum Gasteiger partial charge on any atom is 0.166 e. The van der Waals surface area contributed by atoms with Crippen LogP contribution in [0, 0.1) is 5.92 Å². The van der Waals surface area contributed by atoms with E-state index < -0.39 is 0 Å². The molecule has 3 heteroatoms. The van der Waals surface area contributed by atoms with Crippen LogP contribution < -0.4 is 9.47 Å². The molecule has 3 nitrogen and oxygen atoms in total. The summed E-state index contributed by atoms with van der Waals surface area (Å²) in [4.78, 5) is 12.7. The standard InChI is InChI=1S/C17H22O3/c18-17(13-6-4-2-1-3-5-7-13)14-8-9-15-16(12-14)20-11-10-19-15/h8-9,12-13H,1-7,10-11H2. The molecule has 0 bridgehead atoms. The quantitative estimate of drug-likeness (QED) is 0.765. The van der Waals surface area contributed by atoms with Gasteiger partial charge in [0.15, 0.2) is 17.3 Å². The zero-order chi connectivity index (χ0) is 13.8. The number of carbonyl (C=O) groups is 1. The van der Waals surface area contributed by atoms with Crippen LogP contribution in [0.3, 0.4) is 0 Å². The molecule has 1 aromatic rings. The molecule has 0 saturated heterocycles. The SMILES string of the molecule is O=C(c1ccc2c(c1)OCCO2)C1CCCCCCC1. The van der Waals surface area contributed by atoms with Crippen molar-refractivity contribution in [3.63, 3.8) is 0 Å². The Morgan fingerprint density at radius 1 is 0.900 bits per heavy atom. The van der Waals surface area contributed by atoms with Crippen LogP contribution >= 0.6 is 0 Å². The number of Topliss-reactive ketones (excluding diaryl/α,β-unsaturated/α-hetero) is 1. The number of hydrogen-bond acceptors (Lipinski definition) is 3. The first kappa shape index (κ1) is 13.5. The van der Waals surface area contributed by atoms with Crippen molar-refractivity contribution in [2.45, 2.75) is 44.9 Å². The number of carbonyl (C=O) groups excluding carboxylic acids is 1. The minimum Gasteiger partial charge on any atom is -0.486 e. The summed E-state index contributed by atoms with van der Waals surface area (Å²) in [6, 6.07) is 5.61. The monoisotopic (exact) mass is 274 g/mol. The number of benzene rings is 1. The number of ether oxygens (including phenoxy) is 2. The van der Waals surface area contributed by atoms with E-state index in [0.29, 0.717) is 19.0 Å². The average molecular weight is 274 g/mol. The maximum atomic E-state index is 12.7. The molecule has 0 spiro atoms. The van der Waals surface area contributed by atoms with E-state index in [1.807, 2.05) is 18.2 Å². The van der Waals surface area contributed by atoms with Gasteiger partial charge in [-0.1, -0.05) is 32.1 Å². The Bertz CT molecular complexity index is 473. The molecule has 1 fully saturated rings. The maximum absolute atomic E-state index is 12.7. The number of rotatable bonds is 2. The summed E-state index contributed by atoms with van der Waals surface area (Å²) in [6.45, 7) is 1.15. The number of fused-ring (bicyclic) bond motifs is 1. The molecule has 1 aliphatic carbocycles. The van der Waals surface area contributed by atoms with Gasteiger partial charge in [-0.25, -0.2) is 0 Å². The molecule has 1 heterocycles. The van der Waals surface area contributed by atoms with Gasteiger partial charge in [-0.05, 0) is 31.0 Å². The van der Waals surface area contributed by atoms with Crippen molar-refractivity contribution in [1.82, 2.24) is 0 Å². The van der Waals surface area contributed by atoms with Crippen LogP contribution in [0.1, 0.15) is 55.3 Å². The largest absolute Gasteiger partial charge is 0.486 e. The van der Waals surface area contributed by atoms with Gasteiger partial charge in [-0.15, -0.1) is 0 Å². The van der Waals surface area contributed by atoms with Crippen LogP contribution in [0.5, 0.6) is 11.5 Å². The summed E-state index contributed by atoms with van der Waals surface area (Å²) in [6.07, 6.45) is 8.29. The van der Waals surface area contributed by atoms with Crippen molar-refractivity contribution in [2.24, 2.45) is 5.92 Å². The van der Waals surface area contributed by atoms with Gasteiger partial charge in [0, 0.05) is 11.5 Å². The number of ketones is 1. The fraction of sp³-hybridized carbons (Fsp3) is 0.588. The zero-order valence-corrected chi connectivity index (χ0v) is 11.9. The molecule has 0 unspecified atom stereocenters. The lowest BCUT2D eigenvalue weighted by atomic mass is 9.85. The van der Waals surface area contributed by atoms with E-state index in [1.54, 1.807) is 0 Å². The van der Waals surface area contributed by atoms with Gasteiger partial charge < -0.3 is 9.47 Å². The van der Waals surface area contributed by atoms with Crippen LogP contribution in [0.25, 0.3) is 0 Å². The highest BCUT2D eigenvalue weighted by Gasteiger charge is 2.22. The van der Waals surface area contributed by atoms with Crippen molar-refractivity contribution in [3.05, 3.63) is 23.8 Å². The third-order valence-electron chi connectivity index (χ3n) is 4.30. The van der Waals surface area contributed by atoms with Gasteiger partial charge in [-0.2, -0.15) is 0 Å². The van der Waals surface area contributed by atoms with Crippen molar-refractivity contribution in [3.8, 4) is 11.5 Å². The fourth-order valence-electron chi connectivity index (χ4n) is 3.15. The van der Waals surface area contributed by atoms with Crippen LogP contribution in [0.2, 0.25) is 0 Å². The molecular weight excluding hydrogens is 252 g/mol. The third kappa shape index (κ3) is 2.97. The first-order valence-electron chi connectivity index (χ1n) is 7.78. The predicted octanol–water partition coefficient (Wildman–Crippen LogP) is 4.00. The fourth-order valence-corrected chi connectivity index (χ4v) is 3.15. The molecule has 2 aliphatic rings. The summed E-state index contributed by atoms with van der Waals surface area (Å²) >= 11 is 0. The minimum absolute atomic E-state index is 0.192. The zero-order valence-electron chi connectivity index (χ0n) is 11.9. The number of hydrogen-bond donors (Lipinski definition) is 0. The lowest BCUT2D eigenvalue weighted by Gasteiger charge is -2.21. The van der Waals surface area contributed by atoms with E-state index >= 15 is 0 Å².